The molecule has 2 heterocycles. The van der Waals surface area contributed by atoms with E-state index in [9.17, 15) is 4.79 Å². The molecule has 1 saturated heterocycles. The molecule has 2 N–H and O–H groups in total. The molecule has 1 fully saturated rings. The average molecular weight is 236 g/mol. The molecule has 5 nitrogen and oxygen atoms in total. The van der Waals surface area contributed by atoms with Crippen LogP contribution < -0.4 is 15.8 Å². The molecule has 0 bridgehead atoms. The fourth-order valence-electron chi connectivity index (χ4n) is 1.97. The van der Waals surface area contributed by atoms with Crippen molar-refractivity contribution in [2.75, 3.05) is 31.1 Å². The number of hydrogen-bond acceptors (Lipinski definition) is 4. The number of nitrogens with one attached hydrogen (secondary N) is 2. The van der Waals surface area contributed by atoms with Gasteiger partial charge in [-0.1, -0.05) is 13.8 Å². The molecule has 0 amide bonds. The largest absolute Gasteiger partial charge is 0.355 e. The summed E-state index contributed by atoms with van der Waals surface area (Å²) in [6.45, 7) is 7.93. The van der Waals surface area contributed by atoms with Gasteiger partial charge in [0.2, 0.25) is 0 Å². The van der Waals surface area contributed by atoms with Crippen LogP contribution in [0.1, 0.15) is 32.0 Å². The second-order valence-corrected chi connectivity index (χ2v) is 4.73. The summed E-state index contributed by atoms with van der Waals surface area (Å²) in [5, 5.41) is 3.34. The molecule has 94 valence electrons. The topological polar surface area (TPSA) is 61.0 Å². The van der Waals surface area contributed by atoms with E-state index < -0.39 is 0 Å². The minimum atomic E-state index is -0.0593. The zero-order valence-electron chi connectivity index (χ0n) is 10.5. The molecule has 1 aromatic rings. The molecule has 1 aliphatic rings. The molecule has 0 aliphatic carbocycles. The molecule has 0 saturated carbocycles. The number of hydrogen-bond donors (Lipinski definition) is 2. The summed E-state index contributed by atoms with van der Waals surface area (Å²) in [7, 11) is 0. The summed E-state index contributed by atoms with van der Waals surface area (Å²) in [4.78, 5) is 21.1. The van der Waals surface area contributed by atoms with Crippen molar-refractivity contribution in [2.24, 2.45) is 0 Å². The fraction of sp³-hybridized carbons (Fsp3) is 0.667. The number of aromatic nitrogens is 2. The van der Waals surface area contributed by atoms with Gasteiger partial charge in [0.1, 0.15) is 11.6 Å². The van der Waals surface area contributed by atoms with E-state index >= 15 is 0 Å². The van der Waals surface area contributed by atoms with E-state index in [1.54, 1.807) is 6.07 Å². The van der Waals surface area contributed by atoms with Crippen LogP contribution >= 0.6 is 0 Å². The monoisotopic (exact) mass is 236 g/mol. The van der Waals surface area contributed by atoms with E-state index in [0.717, 1.165) is 44.2 Å². The lowest BCUT2D eigenvalue weighted by molar-refractivity contribution is 0.724. The van der Waals surface area contributed by atoms with Gasteiger partial charge in [-0.2, -0.15) is 0 Å². The third-order valence-corrected chi connectivity index (χ3v) is 2.96. The Kier molecular flexibility index (Phi) is 3.78. The minimum absolute atomic E-state index is 0.0593. The highest BCUT2D eigenvalue weighted by molar-refractivity contribution is 5.37. The van der Waals surface area contributed by atoms with Crippen molar-refractivity contribution in [3.05, 3.63) is 22.2 Å². The van der Waals surface area contributed by atoms with E-state index in [0.29, 0.717) is 0 Å². The van der Waals surface area contributed by atoms with Crippen molar-refractivity contribution >= 4 is 5.82 Å². The fourth-order valence-corrected chi connectivity index (χ4v) is 1.97. The van der Waals surface area contributed by atoms with E-state index in [2.05, 4.69) is 20.2 Å². The van der Waals surface area contributed by atoms with Gasteiger partial charge in [-0.15, -0.1) is 0 Å². The van der Waals surface area contributed by atoms with Crippen molar-refractivity contribution in [3.63, 3.8) is 0 Å². The first-order valence-corrected chi connectivity index (χ1v) is 6.24. The van der Waals surface area contributed by atoms with Crippen LogP contribution in [-0.2, 0) is 0 Å². The average Bonchev–Trinajstić information content (AvgIpc) is 2.56. The second kappa shape index (κ2) is 5.31. The maximum absolute atomic E-state index is 11.6. The summed E-state index contributed by atoms with van der Waals surface area (Å²) in [6, 6.07) is 1.59. The number of nitrogens with zero attached hydrogens (tertiary/aromatic N) is 2. The zero-order valence-corrected chi connectivity index (χ0v) is 10.5. The Morgan fingerprint density at radius 3 is 2.94 bits per heavy atom. The molecule has 5 heteroatoms. The van der Waals surface area contributed by atoms with Gasteiger partial charge in [-0.05, 0) is 13.0 Å². The Morgan fingerprint density at radius 2 is 2.18 bits per heavy atom. The van der Waals surface area contributed by atoms with Crippen LogP contribution in [0.3, 0.4) is 0 Å². The molecule has 0 unspecified atom stereocenters. The SMILES string of the molecule is CC(C)c1nc(N2CCCNCC2)cc(=O)[nH]1. The van der Waals surface area contributed by atoms with Crippen LogP contribution in [-0.4, -0.2) is 36.1 Å². The Morgan fingerprint density at radius 1 is 1.35 bits per heavy atom. The molecule has 0 aromatic carbocycles. The first kappa shape index (κ1) is 12.1. The van der Waals surface area contributed by atoms with Crippen molar-refractivity contribution in [2.45, 2.75) is 26.2 Å². The number of H-pyrrole nitrogens is 1. The predicted octanol–water partition coefficient (Wildman–Crippen LogP) is 0.693. The molecule has 17 heavy (non-hydrogen) atoms. The van der Waals surface area contributed by atoms with Gasteiger partial charge >= 0.3 is 0 Å². The van der Waals surface area contributed by atoms with Crippen LogP contribution in [0.2, 0.25) is 0 Å². The van der Waals surface area contributed by atoms with Crippen LogP contribution in [0.4, 0.5) is 5.82 Å². The predicted molar refractivity (Wildman–Crippen MR) is 68.6 cm³/mol. The third-order valence-electron chi connectivity index (χ3n) is 2.96. The summed E-state index contributed by atoms with van der Waals surface area (Å²) in [5.41, 5.74) is -0.0593. The summed E-state index contributed by atoms with van der Waals surface area (Å²) < 4.78 is 0. The zero-order chi connectivity index (χ0) is 12.3. The number of anilines is 1. The Labute approximate surface area is 101 Å². The Hall–Kier alpha value is -1.36. The van der Waals surface area contributed by atoms with Crippen LogP contribution in [0.15, 0.2) is 10.9 Å². The van der Waals surface area contributed by atoms with Crippen LogP contribution in [0.5, 0.6) is 0 Å². The lowest BCUT2D eigenvalue weighted by Gasteiger charge is -2.21. The van der Waals surface area contributed by atoms with E-state index in [4.69, 9.17) is 0 Å². The van der Waals surface area contributed by atoms with E-state index in [1.807, 2.05) is 13.8 Å². The van der Waals surface area contributed by atoms with Crippen LogP contribution in [0.25, 0.3) is 0 Å². The smallest absolute Gasteiger partial charge is 0.252 e. The highest BCUT2D eigenvalue weighted by Gasteiger charge is 2.13. The van der Waals surface area contributed by atoms with Crippen molar-refractivity contribution in [3.8, 4) is 0 Å². The Balaban J connectivity index is 2.27. The lowest BCUT2D eigenvalue weighted by atomic mass is 10.2. The molecule has 0 radical (unpaired) electrons. The molecule has 2 rings (SSSR count). The van der Waals surface area contributed by atoms with Gasteiger partial charge in [0.25, 0.3) is 5.56 Å². The molecule has 0 spiro atoms. The number of aromatic amines is 1. The lowest BCUT2D eigenvalue weighted by Crippen LogP contribution is -2.30. The van der Waals surface area contributed by atoms with Gasteiger partial charge in [0, 0.05) is 31.6 Å². The van der Waals surface area contributed by atoms with Crippen molar-refractivity contribution < 1.29 is 0 Å². The molecular weight excluding hydrogens is 216 g/mol. The second-order valence-electron chi connectivity index (χ2n) is 4.73. The van der Waals surface area contributed by atoms with Gasteiger partial charge in [-0.3, -0.25) is 4.79 Å². The third kappa shape index (κ3) is 3.06. The normalized spacial score (nSPS) is 17.2. The first-order valence-electron chi connectivity index (χ1n) is 6.24. The van der Waals surface area contributed by atoms with Crippen molar-refractivity contribution in [1.29, 1.82) is 0 Å². The van der Waals surface area contributed by atoms with Crippen molar-refractivity contribution in [1.82, 2.24) is 15.3 Å². The van der Waals surface area contributed by atoms with E-state index in [-0.39, 0.29) is 11.5 Å². The molecular formula is C12H20N4O. The van der Waals surface area contributed by atoms with Gasteiger partial charge < -0.3 is 15.2 Å². The maximum Gasteiger partial charge on any atom is 0.252 e. The Bertz CT molecular complexity index is 419. The highest BCUT2D eigenvalue weighted by Crippen LogP contribution is 2.13. The first-order chi connectivity index (χ1) is 8.16. The summed E-state index contributed by atoms with van der Waals surface area (Å²) in [6.07, 6.45) is 1.09. The summed E-state index contributed by atoms with van der Waals surface area (Å²) >= 11 is 0. The quantitative estimate of drug-likeness (QED) is 0.793. The summed E-state index contributed by atoms with van der Waals surface area (Å²) in [5.74, 6) is 1.82. The molecule has 0 atom stereocenters. The van der Waals surface area contributed by atoms with Gasteiger partial charge in [-0.25, -0.2) is 4.98 Å². The molecule has 1 aromatic heterocycles. The van der Waals surface area contributed by atoms with E-state index in [1.165, 1.54) is 0 Å². The highest BCUT2D eigenvalue weighted by atomic mass is 16.1. The number of rotatable bonds is 2. The molecule has 1 aliphatic heterocycles. The maximum atomic E-state index is 11.6. The standard InChI is InChI=1S/C12H20N4O/c1-9(2)12-14-10(8-11(17)15-12)16-6-3-4-13-5-7-16/h8-9,13H,3-7H2,1-2H3,(H,14,15,17). The van der Waals surface area contributed by atoms with Crippen LogP contribution in [0, 0.1) is 0 Å². The minimum Gasteiger partial charge on any atom is -0.355 e. The van der Waals surface area contributed by atoms with Gasteiger partial charge in [0.15, 0.2) is 0 Å². The van der Waals surface area contributed by atoms with Gasteiger partial charge in [0.05, 0.1) is 0 Å².